The van der Waals surface area contributed by atoms with Gasteiger partial charge in [-0.25, -0.2) is 0 Å². The fourth-order valence-corrected chi connectivity index (χ4v) is 5.37. The van der Waals surface area contributed by atoms with Crippen LogP contribution in [0.4, 0.5) is 5.69 Å². The van der Waals surface area contributed by atoms with Crippen molar-refractivity contribution in [2.24, 2.45) is 0 Å². The van der Waals surface area contributed by atoms with Gasteiger partial charge < -0.3 is 9.73 Å². The van der Waals surface area contributed by atoms with Crippen LogP contribution in [0.1, 0.15) is 38.4 Å². The normalized spacial score (nSPS) is 15.7. The molecule has 0 radical (unpaired) electrons. The molecule has 1 amide bonds. The third-order valence-corrected chi connectivity index (χ3v) is 6.54. The molecule has 1 aliphatic rings. The summed E-state index contributed by atoms with van der Waals surface area (Å²) in [5.41, 5.74) is 2.71. The minimum absolute atomic E-state index is 0.115. The molecule has 0 spiro atoms. The molecule has 116 valence electrons. The fourth-order valence-electron chi connectivity index (χ4n) is 2.50. The second-order valence-electron chi connectivity index (χ2n) is 5.33. The summed E-state index contributed by atoms with van der Waals surface area (Å²) >= 11 is 3.96. The Morgan fingerprint density at radius 3 is 2.68 bits per heavy atom. The first-order valence-corrected chi connectivity index (χ1v) is 9.45. The quantitative estimate of drug-likeness (QED) is 0.856. The van der Waals surface area contributed by atoms with E-state index in [4.69, 9.17) is 4.42 Å². The lowest BCUT2D eigenvalue weighted by atomic mass is 10.2. The Bertz CT molecular complexity index is 675. The third-order valence-electron chi connectivity index (χ3n) is 3.53. The number of benzene rings is 1. The van der Waals surface area contributed by atoms with Gasteiger partial charge in [0.1, 0.15) is 11.5 Å². The average molecular weight is 333 g/mol. The van der Waals surface area contributed by atoms with Crippen LogP contribution in [0.15, 0.2) is 34.7 Å². The Balaban J connectivity index is 1.75. The van der Waals surface area contributed by atoms with E-state index in [1.54, 1.807) is 6.07 Å². The first kappa shape index (κ1) is 15.6. The number of rotatable bonds is 3. The topological polar surface area (TPSA) is 42.2 Å². The zero-order chi connectivity index (χ0) is 15.5. The molecule has 3 nitrogen and oxygen atoms in total. The third kappa shape index (κ3) is 3.52. The maximum absolute atomic E-state index is 12.4. The van der Waals surface area contributed by atoms with E-state index >= 15 is 0 Å². The Kier molecular flexibility index (Phi) is 4.84. The monoisotopic (exact) mass is 333 g/mol. The summed E-state index contributed by atoms with van der Waals surface area (Å²) in [5.74, 6) is 3.72. The maximum Gasteiger partial charge on any atom is 0.259 e. The minimum atomic E-state index is -0.115. The van der Waals surface area contributed by atoms with E-state index < -0.39 is 0 Å². The lowest BCUT2D eigenvalue weighted by molar-refractivity contribution is 0.102. The Morgan fingerprint density at radius 1 is 1.23 bits per heavy atom. The number of anilines is 1. The molecule has 22 heavy (non-hydrogen) atoms. The highest BCUT2D eigenvalue weighted by Crippen LogP contribution is 2.44. The Labute approximate surface area is 139 Å². The van der Waals surface area contributed by atoms with E-state index in [1.165, 1.54) is 23.5 Å². The number of thioether (sulfide) groups is 2. The van der Waals surface area contributed by atoms with Crippen molar-refractivity contribution < 1.29 is 9.21 Å². The molecule has 0 atom stereocenters. The van der Waals surface area contributed by atoms with E-state index in [1.807, 2.05) is 49.5 Å². The van der Waals surface area contributed by atoms with Crippen molar-refractivity contribution in [3.05, 3.63) is 53.0 Å². The van der Waals surface area contributed by atoms with Crippen molar-refractivity contribution >= 4 is 35.1 Å². The van der Waals surface area contributed by atoms with Crippen LogP contribution in [0.2, 0.25) is 0 Å². The Hall–Kier alpha value is -1.33. The van der Waals surface area contributed by atoms with Gasteiger partial charge in [0, 0.05) is 5.69 Å². The van der Waals surface area contributed by atoms with Gasteiger partial charge in [-0.3, -0.25) is 4.79 Å². The molecule has 2 heterocycles. The van der Waals surface area contributed by atoms with Crippen LogP contribution in [0.3, 0.4) is 0 Å². The van der Waals surface area contributed by atoms with E-state index in [2.05, 4.69) is 17.4 Å². The molecule has 2 aromatic rings. The van der Waals surface area contributed by atoms with Crippen LogP contribution in [-0.2, 0) is 0 Å². The number of furan rings is 1. The SMILES string of the molecule is Cc1cc(C(=O)Nc2cccc(C3SCCCS3)c2)c(C)o1. The number of carbonyl (C=O) groups excluding carboxylic acids is 1. The predicted molar refractivity (Wildman–Crippen MR) is 94.9 cm³/mol. The largest absolute Gasteiger partial charge is 0.466 e. The lowest BCUT2D eigenvalue weighted by Crippen LogP contribution is -2.12. The first-order chi connectivity index (χ1) is 10.6. The molecular weight excluding hydrogens is 314 g/mol. The van der Waals surface area contributed by atoms with Gasteiger partial charge in [-0.1, -0.05) is 12.1 Å². The van der Waals surface area contributed by atoms with E-state index in [0.29, 0.717) is 15.9 Å². The highest BCUT2D eigenvalue weighted by atomic mass is 32.2. The number of hydrogen-bond donors (Lipinski definition) is 1. The van der Waals surface area contributed by atoms with Crippen LogP contribution in [0.5, 0.6) is 0 Å². The summed E-state index contributed by atoms with van der Waals surface area (Å²) in [6.07, 6.45) is 1.28. The second-order valence-corrected chi connectivity index (χ2v) is 8.06. The summed E-state index contributed by atoms with van der Waals surface area (Å²) in [6.45, 7) is 3.66. The molecule has 3 rings (SSSR count). The molecule has 1 N–H and O–H groups in total. The number of hydrogen-bond acceptors (Lipinski definition) is 4. The number of amides is 1. The van der Waals surface area contributed by atoms with Gasteiger partial charge in [-0.15, -0.1) is 23.5 Å². The summed E-state index contributed by atoms with van der Waals surface area (Å²) in [6, 6.07) is 9.94. The molecular formula is C17H19NO2S2. The molecule has 0 saturated carbocycles. The zero-order valence-corrected chi connectivity index (χ0v) is 14.4. The highest BCUT2D eigenvalue weighted by Gasteiger charge is 2.18. The number of nitrogens with one attached hydrogen (secondary N) is 1. The van der Waals surface area contributed by atoms with Crippen LogP contribution in [0.25, 0.3) is 0 Å². The molecule has 0 unspecified atom stereocenters. The lowest BCUT2D eigenvalue weighted by Gasteiger charge is -2.21. The van der Waals surface area contributed by atoms with Crippen LogP contribution >= 0.6 is 23.5 Å². The van der Waals surface area contributed by atoms with E-state index in [-0.39, 0.29) is 5.91 Å². The first-order valence-electron chi connectivity index (χ1n) is 7.35. The molecule has 0 aliphatic carbocycles. The standard InChI is InChI=1S/C17H19NO2S2/c1-11-9-15(12(2)20-11)16(19)18-14-6-3-5-13(10-14)17-21-7-4-8-22-17/h3,5-6,9-10,17H,4,7-8H2,1-2H3,(H,18,19). The fraction of sp³-hybridized carbons (Fsp3) is 0.353. The van der Waals surface area contributed by atoms with Gasteiger partial charge in [0.05, 0.1) is 10.1 Å². The van der Waals surface area contributed by atoms with Gasteiger partial charge in [0.2, 0.25) is 0 Å². The molecule has 1 saturated heterocycles. The van der Waals surface area contributed by atoms with Crippen molar-refractivity contribution in [3.63, 3.8) is 0 Å². The van der Waals surface area contributed by atoms with Gasteiger partial charge in [0.25, 0.3) is 5.91 Å². The number of carbonyl (C=O) groups is 1. The second kappa shape index (κ2) is 6.84. The molecule has 1 aromatic carbocycles. The van der Waals surface area contributed by atoms with Crippen molar-refractivity contribution in [1.82, 2.24) is 0 Å². The zero-order valence-electron chi connectivity index (χ0n) is 12.7. The summed E-state index contributed by atoms with van der Waals surface area (Å²) in [4.78, 5) is 12.4. The van der Waals surface area contributed by atoms with Crippen molar-refractivity contribution in [1.29, 1.82) is 0 Å². The van der Waals surface area contributed by atoms with Crippen molar-refractivity contribution in [2.45, 2.75) is 24.9 Å². The highest BCUT2D eigenvalue weighted by molar-refractivity contribution is 8.16. The Morgan fingerprint density at radius 2 is 2.00 bits per heavy atom. The van der Waals surface area contributed by atoms with Gasteiger partial charge in [0.15, 0.2) is 0 Å². The van der Waals surface area contributed by atoms with Crippen LogP contribution in [0, 0.1) is 13.8 Å². The van der Waals surface area contributed by atoms with Gasteiger partial charge in [-0.05, 0) is 55.5 Å². The molecule has 0 bridgehead atoms. The van der Waals surface area contributed by atoms with Crippen molar-refractivity contribution in [2.75, 3.05) is 16.8 Å². The molecule has 1 fully saturated rings. The number of aryl methyl sites for hydroxylation is 2. The average Bonchev–Trinajstić information content (AvgIpc) is 2.87. The summed E-state index contributed by atoms with van der Waals surface area (Å²) < 4.78 is 5.90. The predicted octanol–water partition coefficient (Wildman–Crippen LogP) is 5.02. The smallest absolute Gasteiger partial charge is 0.259 e. The van der Waals surface area contributed by atoms with Gasteiger partial charge in [-0.2, -0.15) is 0 Å². The summed E-state index contributed by atoms with van der Waals surface area (Å²) in [7, 11) is 0. The maximum atomic E-state index is 12.4. The minimum Gasteiger partial charge on any atom is -0.466 e. The van der Waals surface area contributed by atoms with E-state index in [9.17, 15) is 4.79 Å². The van der Waals surface area contributed by atoms with Crippen molar-refractivity contribution in [3.8, 4) is 0 Å². The van der Waals surface area contributed by atoms with Crippen LogP contribution < -0.4 is 5.32 Å². The van der Waals surface area contributed by atoms with Crippen LogP contribution in [-0.4, -0.2) is 17.4 Å². The molecule has 5 heteroatoms. The van der Waals surface area contributed by atoms with E-state index in [0.717, 1.165) is 11.4 Å². The molecule has 1 aromatic heterocycles. The summed E-state index contributed by atoms with van der Waals surface area (Å²) in [5, 5.41) is 2.97. The van der Waals surface area contributed by atoms with Gasteiger partial charge >= 0.3 is 0 Å². The molecule has 1 aliphatic heterocycles.